The summed E-state index contributed by atoms with van der Waals surface area (Å²) < 4.78 is 11.1. The fraction of sp³-hybridized carbons (Fsp3) is 0.160. The van der Waals surface area contributed by atoms with E-state index in [9.17, 15) is 14.4 Å². The second-order valence-electron chi connectivity index (χ2n) is 7.41. The molecule has 8 heteroatoms. The highest BCUT2D eigenvalue weighted by molar-refractivity contribution is 7.12. The highest BCUT2D eigenvalue weighted by atomic mass is 32.1. The molecule has 0 bridgehead atoms. The van der Waals surface area contributed by atoms with Gasteiger partial charge in [-0.3, -0.25) is 15.0 Å². The second kappa shape index (κ2) is 9.30. The van der Waals surface area contributed by atoms with Crippen molar-refractivity contribution in [3.05, 3.63) is 81.1 Å². The summed E-state index contributed by atoms with van der Waals surface area (Å²) in [5.74, 6) is -0.824. The van der Waals surface area contributed by atoms with Gasteiger partial charge in [-0.1, -0.05) is 18.2 Å². The Balaban J connectivity index is 1.60. The second-order valence-corrected chi connectivity index (χ2v) is 8.36. The molecule has 3 aromatic rings. The van der Waals surface area contributed by atoms with Crippen LogP contribution in [0.25, 0.3) is 6.08 Å². The molecule has 1 aliphatic heterocycles. The smallest absolute Gasteiger partial charge is 0.353 e. The van der Waals surface area contributed by atoms with E-state index in [4.69, 9.17) is 9.47 Å². The zero-order valence-electron chi connectivity index (χ0n) is 18.4. The van der Waals surface area contributed by atoms with Crippen molar-refractivity contribution in [2.24, 2.45) is 0 Å². The van der Waals surface area contributed by atoms with E-state index in [0.717, 1.165) is 11.1 Å². The lowest BCUT2D eigenvalue weighted by molar-refractivity contribution is -0.117. The van der Waals surface area contributed by atoms with E-state index in [1.165, 1.54) is 22.4 Å². The first-order valence-electron chi connectivity index (χ1n) is 10.3. The molecule has 2 aromatic carbocycles. The number of benzene rings is 2. The number of esters is 1. The monoisotopic (exact) mass is 462 g/mol. The lowest BCUT2D eigenvalue weighted by Gasteiger charge is -2.16. The molecule has 0 unspecified atom stereocenters. The average Bonchev–Trinajstić information content (AvgIpc) is 3.42. The van der Waals surface area contributed by atoms with Gasteiger partial charge in [0.2, 0.25) is 0 Å². The van der Waals surface area contributed by atoms with Crippen LogP contribution in [0.3, 0.4) is 0 Å². The van der Waals surface area contributed by atoms with Gasteiger partial charge in [0.25, 0.3) is 11.8 Å². The molecule has 4 rings (SSSR count). The number of carbonyl (C=O) groups is 3. The third-order valence-electron chi connectivity index (χ3n) is 5.14. The Kier molecular flexibility index (Phi) is 6.28. The van der Waals surface area contributed by atoms with Gasteiger partial charge in [-0.2, -0.15) is 0 Å². The summed E-state index contributed by atoms with van der Waals surface area (Å²) >= 11 is 1.28. The summed E-state index contributed by atoms with van der Waals surface area (Å²) in [5.41, 5.74) is 5.87. The van der Waals surface area contributed by atoms with Crippen molar-refractivity contribution in [2.75, 3.05) is 11.6 Å². The zero-order chi connectivity index (χ0) is 23.5. The summed E-state index contributed by atoms with van der Waals surface area (Å²) in [7, 11) is 0. The van der Waals surface area contributed by atoms with Crippen LogP contribution in [0.15, 0.2) is 59.5 Å². The number of rotatable bonds is 6. The van der Waals surface area contributed by atoms with Crippen molar-refractivity contribution in [1.29, 1.82) is 0 Å². The van der Waals surface area contributed by atoms with Gasteiger partial charge in [0.1, 0.15) is 10.5 Å². The van der Waals surface area contributed by atoms with Crippen LogP contribution in [0, 0.1) is 13.8 Å². The van der Waals surface area contributed by atoms with Crippen LogP contribution < -0.4 is 19.9 Å². The number of anilines is 1. The first-order valence-corrected chi connectivity index (χ1v) is 11.2. The Bertz CT molecular complexity index is 1260. The van der Waals surface area contributed by atoms with E-state index >= 15 is 0 Å². The Hall–Kier alpha value is -3.91. The van der Waals surface area contributed by atoms with E-state index < -0.39 is 17.8 Å². The topological polar surface area (TPSA) is 84.9 Å². The molecular weight excluding hydrogens is 440 g/mol. The van der Waals surface area contributed by atoms with E-state index in [1.807, 2.05) is 32.9 Å². The van der Waals surface area contributed by atoms with Gasteiger partial charge in [-0.25, -0.2) is 9.80 Å². The largest absolute Gasteiger partial charge is 0.490 e. The molecule has 2 amide bonds. The van der Waals surface area contributed by atoms with Crippen molar-refractivity contribution in [3.63, 3.8) is 0 Å². The fourth-order valence-corrected chi connectivity index (χ4v) is 3.88. The van der Waals surface area contributed by atoms with Crippen molar-refractivity contribution in [2.45, 2.75) is 20.8 Å². The molecule has 1 saturated heterocycles. The minimum Gasteiger partial charge on any atom is -0.490 e. The van der Waals surface area contributed by atoms with E-state index in [1.54, 1.807) is 41.8 Å². The van der Waals surface area contributed by atoms with Gasteiger partial charge in [0, 0.05) is 0 Å². The van der Waals surface area contributed by atoms with Gasteiger partial charge in [-0.05, 0) is 79.2 Å². The van der Waals surface area contributed by atoms with Crippen LogP contribution in [-0.4, -0.2) is 24.4 Å². The average molecular weight is 463 g/mol. The number of amides is 2. The van der Waals surface area contributed by atoms with Crippen molar-refractivity contribution >= 4 is 40.9 Å². The molecule has 1 aromatic heterocycles. The number of thiophene rings is 1. The number of carbonyl (C=O) groups excluding carboxylic acids is 3. The molecule has 0 atom stereocenters. The van der Waals surface area contributed by atoms with Crippen LogP contribution >= 0.6 is 11.3 Å². The number of hydrogen-bond donors (Lipinski definition) is 1. The van der Waals surface area contributed by atoms with E-state index in [0.29, 0.717) is 28.5 Å². The summed E-state index contributed by atoms with van der Waals surface area (Å²) in [6.45, 7) is 6.08. The van der Waals surface area contributed by atoms with Crippen molar-refractivity contribution in [1.82, 2.24) is 5.43 Å². The van der Waals surface area contributed by atoms with Crippen molar-refractivity contribution < 1.29 is 23.9 Å². The Labute approximate surface area is 195 Å². The number of nitrogens with one attached hydrogen (secondary N) is 1. The highest BCUT2D eigenvalue weighted by Crippen LogP contribution is 2.31. The van der Waals surface area contributed by atoms with Crippen LogP contribution in [0.4, 0.5) is 5.69 Å². The van der Waals surface area contributed by atoms with Gasteiger partial charge in [-0.15, -0.1) is 11.3 Å². The maximum absolute atomic E-state index is 12.9. The minimum atomic E-state index is -0.496. The lowest BCUT2D eigenvalue weighted by Crippen LogP contribution is -2.35. The fourth-order valence-electron chi connectivity index (χ4n) is 3.28. The molecule has 0 saturated carbocycles. The molecule has 1 aliphatic rings. The van der Waals surface area contributed by atoms with Gasteiger partial charge in [0.05, 0.1) is 12.3 Å². The number of ether oxygens (including phenoxy) is 2. The quantitative estimate of drug-likeness (QED) is 0.253. The SMILES string of the molecule is CCOc1cc(C=C2C(=O)NN(c3ccc(C)c(C)c3)C2=O)ccc1OC(=O)c1cccs1. The predicted molar refractivity (Wildman–Crippen MR) is 126 cm³/mol. The molecule has 7 nitrogen and oxygen atoms in total. The first-order chi connectivity index (χ1) is 15.9. The molecule has 0 spiro atoms. The standard InChI is InChI=1S/C25H22N2O5S/c1-4-31-21-14-17(8-10-20(21)32-25(30)22-6-5-11-33-22)13-19-23(28)26-27(24(19)29)18-9-7-15(2)16(3)12-18/h5-14H,4H2,1-3H3,(H,26,28). The maximum Gasteiger partial charge on any atom is 0.353 e. The lowest BCUT2D eigenvalue weighted by atomic mass is 10.1. The molecule has 2 heterocycles. The van der Waals surface area contributed by atoms with Gasteiger partial charge < -0.3 is 9.47 Å². The molecule has 1 fully saturated rings. The van der Waals surface area contributed by atoms with Crippen LogP contribution in [0.2, 0.25) is 0 Å². The highest BCUT2D eigenvalue weighted by Gasteiger charge is 2.34. The van der Waals surface area contributed by atoms with Crippen LogP contribution in [0.1, 0.15) is 33.3 Å². The molecule has 1 N–H and O–H groups in total. The van der Waals surface area contributed by atoms with Crippen LogP contribution in [0.5, 0.6) is 11.5 Å². The molecule has 0 aliphatic carbocycles. The van der Waals surface area contributed by atoms with E-state index in [2.05, 4.69) is 5.43 Å². The zero-order valence-corrected chi connectivity index (χ0v) is 19.2. The predicted octanol–water partition coefficient (Wildman–Crippen LogP) is 4.44. The summed E-state index contributed by atoms with van der Waals surface area (Å²) in [6.07, 6.45) is 1.49. The third-order valence-corrected chi connectivity index (χ3v) is 5.99. The summed E-state index contributed by atoms with van der Waals surface area (Å²) in [4.78, 5) is 38.3. The Morgan fingerprint density at radius 2 is 1.88 bits per heavy atom. The van der Waals surface area contributed by atoms with Gasteiger partial charge >= 0.3 is 5.97 Å². The molecule has 168 valence electrons. The Morgan fingerprint density at radius 1 is 1.06 bits per heavy atom. The first kappa shape index (κ1) is 22.3. The number of hydrogen-bond acceptors (Lipinski definition) is 6. The third kappa shape index (κ3) is 4.65. The number of nitrogens with zero attached hydrogens (tertiary/aromatic N) is 1. The number of hydrazine groups is 1. The maximum atomic E-state index is 12.9. The molecule has 33 heavy (non-hydrogen) atoms. The molecule has 0 radical (unpaired) electrons. The summed E-state index contributed by atoms with van der Waals surface area (Å²) in [5, 5.41) is 3.03. The van der Waals surface area contributed by atoms with Crippen LogP contribution in [-0.2, 0) is 9.59 Å². The Morgan fingerprint density at radius 3 is 2.58 bits per heavy atom. The summed E-state index contributed by atoms with van der Waals surface area (Å²) in [6, 6.07) is 13.9. The van der Waals surface area contributed by atoms with E-state index in [-0.39, 0.29) is 11.3 Å². The van der Waals surface area contributed by atoms with Gasteiger partial charge in [0.15, 0.2) is 11.5 Å². The normalized spacial score (nSPS) is 14.5. The molecular formula is C25H22N2O5S. The number of aryl methyl sites for hydroxylation is 2. The van der Waals surface area contributed by atoms with Crippen molar-refractivity contribution in [3.8, 4) is 11.5 Å². The minimum absolute atomic E-state index is 0.000920.